The number of aromatic nitrogens is 1. The fourth-order valence-electron chi connectivity index (χ4n) is 3.19. The van der Waals surface area contributed by atoms with Crippen LogP contribution in [0.2, 0.25) is 0 Å². The normalized spacial score (nSPS) is 13.1. The first-order chi connectivity index (χ1) is 14.8. The van der Waals surface area contributed by atoms with Crippen molar-refractivity contribution in [2.75, 3.05) is 13.2 Å². The van der Waals surface area contributed by atoms with E-state index in [1.54, 1.807) is 0 Å². The number of nitrogens with zero attached hydrogens (tertiary/aromatic N) is 1. The van der Waals surface area contributed by atoms with Gasteiger partial charge in [0.25, 0.3) is 0 Å². The van der Waals surface area contributed by atoms with E-state index in [9.17, 15) is 4.79 Å². The molecule has 1 aromatic heterocycles. The van der Waals surface area contributed by atoms with Gasteiger partial charge in [0.2, 0.25) is 5.91 Å². The summed E-state index contributed by atoms with van der Waals surface area (Å²) in [5.74, 6) is 0.841. The lowest BCUT2D eigenvalue weighted by molar-refractivity contribution is -0.120. The average Bonchev–Trinajstić information content (AvgIpc) is 3.62. The number of ether oxygens (including phenoxy) is 1. The van der Waals surface area contributed by atoms with Gasteiger partial charge >= 0.3 is 0 Å². The van der Waals surface area contributed by atoms with Crippen LogP contribution in [0.5, 0.6) is 5.75 Å². The van der Waals surface area contributed by atoms with Crippen LogP contribution in [0, 0.1) is 0 Å². The Bertz CT molecular complexity index is 936. The molecule has 1 heterocycles. The molecule has 30 heavy (non-hydrogen) atoms. The van der Waals surface area contributed by atoms with Crippen LogP contribution in [0.25, 0.3) is 11.1 Å². The van der Waals surface area contributed by atoms with Crippen molar-refractivity contribution in [1.29, 1.82) is 0 Å². The van der Waals surface area contributed by atoms with E-state index >= 15 is 0 Å². The molecule has 5 heteroatoms. The van der Waals surface area contributed by atoms with Gasteiger partial charge in [-0.05, 0) is 42.2 Å². The maximum absolute atomic E-state index is 12.2. The summed E-state index contributed by atoms with van der Waals surface area (Å²) in [6.07, 6.45) is 4.67. The fraction of sp³-hybridized carbons (Fsp3) is 0.280. The van der Waals surface area contributed by atoms with Gasteiger partial charge in [0.15, 0.2) is 0 Å². The first-order valence-electron chi connectivity index (χ1n) is 10.5. The van der Waals surface area contributed by atoms with Crippen LogP contribution in [0.1, 0.15) is 24.1 Å². The van der Waals surface area contributed by atoms with Crippen molar-refractivity contribution in [3.8, 4) is 16.9 Å². The minimum Gasteiger partial charge on any atom is -0.492 e. The zero-order chi connectivity index (χ0) is 20.6. The van der Waals surface area contributed by atoms with Crippen LogP contribution in [-0.4, -0.2) is 30.1 Å². The standard InChI is InChI=1S/C25H27N3O2/c29-25(28-17-19-4-2-1-3-5-19)16-23-9-6-21(18-27-23)20-7-12-24(13-8-20)30-15-14-26-22-10-11-22/h1-9,12-13,18,22,26H,10-11,14-17H2,(H,28,29). The summed E-state index contributed by atoms with van der Waals surface area (Å²) < 4.78 is 5.77. The molecule has 0 spiro atoms. The molecule has 0 aliphatic heterocycles. The Morgan fingerprint density at radius 3 is 2.43 bits per heavy atom. The number of benzene rings is 2. The lowest BCUT2D eigenvalue weighted by Crippen LogP contribution is -2.24. The summed E-state index contributed by atoms with van der Waals surface area (Å²) in [4.78, 5) is 16.6. The van der Waals surface area contributed by atoms with Crippen LogP contribution < -0.4 is 15.4 Å². The van der Waals surface area contributed by atoms with Crippen molar-refractivity contribution in [2.45, 2.75) is 31.8 Å². The molecule has 1 aliphatic rings. The molecule has 1 amide bonds. The molecule has 3 aromatic rings. The Morgan fingerprint density at radius 1 is 0.967 bits per heavy atom. The number of amides is 1. The Morgan fingerprint density at radius 2 is 1.73 bits per heavy atom. The van der Waals surface area contributed by atoms with Crippen molar-refractivity contribution in [2.24, 2.45) is 0 Å². The van der Waals surface area contributed by atoms with E-state index in [1.165, 1.54) is 12.8 Å². The SMILES string of the molecule is O=C(Cc1ccc(-c2ccc(OCCNC3CC3)cc2)cn1)NCc1ccccc1. The third-order valence-electron chi connectivity index (χ3n) is 5.07. The van der Waals surface area contributed by atoms with E-state index in [4.69, 9.17) is 4.74 Å². The molecule has 4 rings (SSSR count). The third kappa shape index (κ3) is 6.16. The second kappa shape index (κ2) is 10.0. The number of carbonyl (C=O) groups is 1. The topological polar surface area (TPSA) is 63.2 Å². The van der Waals surface area contributed by atoms with Gasteiger partial charge in [-0.3, -0.25) is 9.78 Å². The molecule has 0 bridgehead atoms. The molecule has 5 nitrogen and oxygen atoms in total. The molecule has 1 aliphatic carbocycles. The maximum atomic E-state index is 12.2. The monoisotopic (exact) mass is 401 g/mol. The van der Waals surface area contributed by atoms with Gasteiger partial charge in [-0.25, -0.2) is 0 Å². The van der Waals surface area contributed by atoms with E-state index in [-0.39, 0.29) is 12.3 Å². The number of hydrogen-bond donors (Lipinski definition) is 2. The van der Waals surface area contributed by atoms with Gasteiger partial charge in [-0.1, -0.05) is 48.5 Å². The smallest absolute Gasteiger partial charge is 0.226 e. The van der Waals surface area contributed by atoms with Crippen molar-refractivity contribution in [1.82, 2.24) is 15.6 Å². The predicted molar refractivity (Wildman–Crippen MR) is 118 cm³/mol. The van der Waals surface area contributed by atoms with E-state index < -0.39 is 0 Å². The summed E-state index contributed by atoms with van der Waals surface area (Å²) >= 11 is 0. The van der Waals surface area contributed by atoms with Crippen LogP contribution in [0.3, 0.4) is 0 Å². The van der Waals surface area contributed by atoms with Gasteiger partial charge < -0.3 is 15.4 Å². The van der Waals surface area contributed by atoms with E-state index in [1.807, 2.05) is 72.9 Å². The minimum atomic E-state index is -0.0308. The molecular weight excluding hydrogens is 374 g/mol. The highest BCUT2D eigenvalue weighted by molar-refractivity contribution is 5.78. The lowest BCUT2D eigenvalue weighted by Gasteiger charge is -2.08. The summed E-state index contributed by atoms with van der Waals surface area (Å²) in [7, 11) is 0. The highest BCUT2D eigenvalue weighted by atomic mass is 16.5. The second-order valence-electron chi connectivity index (χ2n) is 7.58. The molecule has 0 saturated heterocycles. The zero-order valence-corrected chi connectivity index (χ0v) is 17.0. The zero-order valence-electron chi connectivity index (χ0n) is 17.0. The van der Waals surface area contributed by atoms with E-state index in [0.717, 1.165) is 34.7 Å². The average molecular weight is 402 g/mol. The molecule has 0 atom stereocenters. The Labute approximate surface area is 177 Å². The number of nitrogens with one attached hydrogen (secondary N) is 2. The van der Waals surface area contributed by atoms with Crippen LogP contribution in [0.4, 0.5) is 0 Å². The highest BCUT2D eigenvalue weighted by Crippen LogP contribution is 2.22. The third-order valence-corrected chi connectivity index (χ3v) is 5.07. The van der Waals surface area contributed by atoms with Gasteiger partial charge in [0.1, 0.15) is 12.4 Å². The number of pyridine rings is 1. The molecule has 154 valence electrons. The quantitative estimate of drug-likeness (QED) is 0.508. The number of hydrogen-bond acceptors (Lipinski definition) is 4. The molecule has 0 radical (unpaired) electrons. The summed E-state index contributed by atoms with van der Waals surface area (Å²) in [5, 5.41) is 6.37. The van der Waals surface area contributed by atoms with Crippen LogP contribution in [-0.2, 0) is 17.8 Å². The van der Waals surface area contributed by atoms with Crippen molar-refractivity contribution in [3.63, 3.8) is 0 Å². The van der Waals surface area contributed by atoms with Crippen LogP contribution in [0.15, 0.2) is 72.9 Å². The van der Waals surface area contributed by atoms with Crippen molar-refractivity contribution >= 4 is 5.91 Å². The highest BCUT2D eigenvalue weighted by Gasteiger charge is 2.19. The van der Waals surface area contributed by atoms with E-state index in [2.05, 4.69) is 15.6 Å². The summed E-state index contributed by atoms with van der Waals surface area (Å²) in [5.41, 5.74) is 3.93. The van der Waals surface area contributed by atoms with Gasteiger partial charge in [0.05, 0.1) is 6.42 Å². The van der Waals surface area contributed by atoms with Gasteiger partial charge in [-0.2, -0.15) is 0 Å². The van der Waals surface area contributed by atoms with Gasteiger partial charge in [-0.15, -0.1) is 0 Å². The molecule has 2 N–H and O–H groups in total. The molecule has 2 aromatic carbocycles. The van der Waals surface area contributed by atoms with Crippen molar-refractivity contribution < 1.29 is 9.53 Å². The first-order valence-corrected chi connectivity index (χ1v) is 10.5. The van der Waals surface area contributed by atoms with Crippen LogP contribution >= 0.6 is 0 Å². The Balaban J connectivity index is 1.24. The maximum Gasteiger partial charge on any atom is 0.226 e. The lowest BCUT2D eigenvalue weighted by atomic mass is 10.1. The van der Waals surface area contributed by atoms with Crippen molar-refractivity contribution in [3.05, 3.63) is 84.2 Å². The fourth-order valence-corrected chi connectivity index (χ4v) is 3.19. The molecule has 1 fully saturated rings. The molecule has 0 unspecified atom stereocenters. The predicted octanol–water partition coefficient (Wildman–Crippen LogP) is 3.74. The molecular formula is C25H27N3O2. The molecule has 1 saturated carbocycles. The summed E-state index contributed by atoms with van der Waals surface area (Å²) in [6.45, 7) is 2.10. The Hall–Kier alpha value is -3.18. The van der Waals surface area contributed by atoms with Gasteiger partial charge in [0, 0.05) is 36.6 Å². The second-order valence-corrected chi connectivity index (χ2v) is 7.58. The largest absolute Gasteiger partial charge is 0.492 e. The van der Waals surface area contributed by atoms with E-state index in [0.29, 0.717) is 19.2 Å². The summed E-state index contributed by atoms with van der Waals surface area (Å²) in [6, 6.07) is 22.5. The number of rotatable bonds is 10. The number of carbonyl (C=O) groups excluding carboxylic acids is 1. The first kappa shape index (κ1) is 20.1. The Kier molecular flexibility index (Phi) is 6.72. The minimum absolute atomic E-state index is 0.0308.